The van der Waals surface area contributed by atoms with Crippen LogP contribution in [0.4, 0.5) is 0 Å². The Labute approximate surface area is 170 Å². The lowest BCUT2D eigenvalue weighted by Gasteiger charge is -2.20. The molecule has 3 heteroatoms. The van der Waals surface area contributed by atoms with Crippen molar-refractivity contribution in [1.82, 2.24) is 5.32 Å². The summed E-state index contributed by atoms with van der Waals surface area (Å²) in [7, 11) is 1.71. The third kappa shape index (κ3) is 3.15. The molecule has 0 bridgehead atoms. The van der Waals surface area contributed by atoms with Crippen LogP contribution in [0.15, 0.2) is 102 Å². The molecule has 0 spiro atoms. The lowest BCUT2D eigenvalue weighted by atomic mass is 9.95. The van der Waals surface area contributed by atoms with Crippen molar-refractivity contribution in [3.63, 3.8) is 0 Å². The zero-order valence-corrected chi connectivity index (χ0v) is 16.2. The summed E-state index contributed by atoms with van der Waals surface area (Å²) >= 11 is 0. The summed E-state index contributed by atoms with van der Waals surface area (Å²) in [5.74, 6) is 1.80. The number of aliphatic imine (C=N–C) groups is 1. The van der Waals surface area contributed by atoms with Crippen LogP contribution in [0.2, 0.25) is 0 Å². The van der Waals surface area contributed by atoms with Crippen molar-refractivity contribution in [3.05, 3.63) is 114 Å². The fourth-order valence-corrected chi connectivity index (χ4v) is 4.12. The summed E-state index contributed by atoms with van der Waals surface area (Å²) < 4.78 is 5.57. The maximum atomic E-state index is 5.57. The Kier molecular flexibility index (Phi) is 4.49. The first-order chi connectivity index (χ1) is 14.3. The maximum Gasteiger partial charge on any atom is 0.130 e. The lowest BCUT2D eigenvalue weighted by Crippen LogP contribution is -2.25. The van der Waals surface area contributed by atoms with E-state index in [1.165, 1.54) is 11.1 Å². The minimum Gasteiger partial charge on any atom is -0.496 e. The number of benzene rings is 4. The number of amidine groups is 1. The van der Waals surface area contributed by atoms with Crippen molar-refractivity contribution in [1.29, 1.82) is 0 Å². The predicted octanol–water partition coefficient (Wildman–Crippen LogP) is 5.68. The molecule has 3 nitrogen and oxygen atoms in total. The molecule has 1 N–H and O–H groups in total. The molecule has 1 aliphatic rings. The van der Waals surface area contributed by atoms with Crippen LogP contribution in [-0.4, -0.2) is 12.9 Å². The second kappa shape index (κ2) is 7.44. The molecule has 0 amide bonds. The molecule has 0 aliphatic carbocycles. The van der Waals surface area contributed by atoms with Gasteiger partial charge in [-0.3, -0.25) is 4.99 Å². The lowest BCUT2D eigenvalue weighted by molar-refractivity contribution is 0.420. The molecule has 29 heavy (non-hydrogen) atoms. The quantitative estimate of drug-likeness (QED) is 0.496. The average molecular weight is 378 g/mol. The fourth-order valence-electron chi connectivity index (χ4n) is 4.12. The van der Waals surface area contributed by atoms with Crippen LogP contribution in [0, 0.1) is 0 Å². The highest BCUT2D eigenvalue weighted by atomic mass is 16.5. The molecular formula is C26H22N2O. The molecule has 4 aromatic carbocycles. The van der Waals surface area contributed by atoms with E-state index in [4.69, 9.17) is 9.73 Å². The van der Waals surface area contributed by atoms with Gasteiger partial charge in [0.2, 0.25) is 0 Å². The first-order valence-corrected chi connectivity index (χ1v) is 9.85. The molecule has 0 aromatic heterocycles. The Hall–Kier alpha value is -3.59. The van der Waals surface area contributed by atoms with E-state index in [1.807, 2.05) is 18.2 Å². The summed E-state index contributed by atoms with van der Waals surface area (Å²) in [6.45, 7) is 0. The van der Waals surface area contributed by atoms with Gasteiger partial charge in [0.15, 0.2) is 0 Å². The number of hydrogen-bond donors (Lipinski definition) is 1. The topological polar surface area (TPSA) is 33.6 Å². The van der Waals surface area contributed by atoms with E-state index in [0.29, 0.717) is 0 Å². The molecule has 2 atom stereocenters. The molecule has 1 aliphatic heterocycles. The summed E-state index contributed by atoms with van der Waals surface area (Å²) in [6.07, 6.45) is 0. The smallest absolute Gasteiger partial charge is 0.130 e. The first kappa shape index (κ1) is 17.5. The highest BCUT2D eigenvalue weighted by Gasteiger charge is 2.32. The van der Waals surface area contributed by atoms with E-state index >= 15 is 0 Å². The molecule has 0 saturated carbocycles. The molecule has 0 fully saturated rings. The summed E-state index contributed by atoms with van der Waals surface area (Å²) in [5, 5.41) is 5.94. The summed E-state index contributed by atoms with van der Waals surface area (Å²) in [6, 6.07) is 33.6. The highest BCUT2D eigenvalue weighted by molar-refractivity contribution is 6.12. The van der Waals surface area contributed by atoms with E-state index in [9.17, 15) is 0 Å². The van der Waals surface area contributed by atoms with Crippen LogP contribution in [0.3, 0.4) is 0 Å². The van der Waals surface area contributed by atoms with E-state index in [-0.39, 0.29) is 12.1 Å². The van der Waals surface area contributed by atoms with Gasteiger partial charge in [0.1, 0.15) is 17.6 Å². The van der Waals surface area contributed by atoms with E-state index in [0.717, 1.165) is 27.9 Å². The Bertz CT molecular complexity index is 1170. The number of ether oxygens (including phenoxy) is 1. The van der Waals surface area contributed by atoms with Crippen LogP contribution < -0.4 is 10.1 Å². The van der Waals surface area contributed by atoms with Crippen LogP contribution in [-0.2, 0) is 0 Å². The molecule has 5 rings (SSSR count). The minimum absolute atomic E-state index is 0.0227. The third-order valence-corrected chi connectivity index (χ3v) is 5.54. The van der Waals surface area contributed by atoms with Crippen molar-refractivity contribution < 1.29 is 4.74 Å². The molecule has 0 radical (unpaired) electrons. The van der Waals surface area contributed by atoms with E-state index in [2.05, 4.69) is 84.2 Å². The Morgan fingerprint density at radius 2 is 1.31 bits per heavy atom. The van der Waals surface area contributed by atoms with Gasteiger partial charge in [-0.1, -0.05) is 84.9 Å². The second-order valence-electron chi connectivity index (χ2n) is 7.23. The zero-order chi connectivity index (χ0) is 19.6. The van der Waals surface area contributed by atoms with Crippen molar-refractivity contribution >= 4 is 16.6 Å². The molecule has 4 aromatic rings. The molecule has 1 heterocycles. The van der Waals surface area contributed by atoms with Crippen molar-refractivity contribution in [2.75, 3.05) is 7.11 Å². The third-order valence-electron chi connectivity index (χ3n) is 5.54. The maximum absolute atomic E-state index is 5.57. The van der Waals surface area contributed by atoms with E-state index < -0.39 is 0 Å². The van der Waals surface area contributed by atoms with Gasteiger partial charge in [0.05, 0.1) is 13.2 Å². The van der Waals surface area contributed by atoms with Gasteiger partial charge in [0.25, 0.3) is 0 Å². The number of rotatable bonds is 4. The van der Waals surface area contributed by atoms with Gasteiger partial charge in [0, 0.05) is 10.9 Å². The largest absolute Gasteiger partial charge is 0.496 e. The van der Waals surface area contributed by atoms with Crippen molar-refractivity contribution in [2.24, 2.45) is 4.99 Å². The van der Waals surface area contributed by atoms with Gasteiger partial charge in [-0.15, -0.1) is 0 Å². The predicted molar refractivity (Wildman–Crippen MR) is 119 cm³/mol. The van der Waals surface area contributed by atoms with Crippen LogP contribution >= 0.6 is 0 Å². The standard InChI is InChI=1S/C26H22N2O/c1-29-23-17-16-22(20-14-8-9-15-21(20)23)26-27-24(18-10-4-2-5-11-18)25(28-26)19-12-6-3-7-13-19/h2-17,24-25H,1H3,(H,27,28)/t24-,25-/m1/s1. The van der Waals surface area contributed by atoms with Crippen LogP contribution in [0.1, 0.15) is 28.8 Å². The number of fused-ring (bicyclic) bond motifs is 1. The van der Waals surface area contributed by atoms with Gasteiger partial charge >= 0.3 is 0 Å². The Balaban J connectivity index is 1.64. The minimum atomic E-state index is 0.0227. The van der Waals surface area contributed by atoms with E-state index in [1.54, 1.807) is 7.11 Å². The summed E-state index contributed by atoms with van der Waals surface area (Å²) in [5.41, 5.74) is 3.54. The number of methoxy groups -OCH3 is 1. The van der Waals surface area contributed by atoms with Gasteiger partial charge in [-0.25, -0.2) is 0 Å². The Morgan fingerprint density at radius 1 is 0.690 bits per heavy atom. The van der Waals surface area contributed by atoms with Crippen molar-refractivity contribution in [2.45, 2.75) is 12.1 Å². The second-order valence-corrected chi connectivity index (χ2v) is 7.23. The first-order valence-electron chi connectivity index (χ1n) is 9.85. The normalized spacial score (nSPS) is 18.3. The van der Waals surface area contributed by atoms with Crippen LogP contribution in [0.25, 0.3) is 10.8 Å². The monoisotopic (exact) mass is 378 g/mol. The van der Waals surface area contributed by atoms with Gasteiger partial charge < -0.3 is 10.1 Å². The molecule has 0 unspecified atom stereocenters. The average Bonchev–Trinajstić information content (AvgIpc) is 3.25. The SMILES string of the molecule is COc1ccc(C2=N[C@H](c3ccccc3)[C@@H](c3ccccc3)N2)c2ccccc12. The molecule has 0 saturated heterocycles. The zero-order valence-electron chi connectivity index (χ0n) is 16.2. The highest BCUT2D eigenvalue weighted by Crippen LogP contribution is 2.38. The van der Waals surface area contributed by atoms with Gasteiger partial charge in [-0.05, 0) is 28.6 Å². The molecular weight excluding hydrogens is 356 g/mol. The Morgan fingerprint density at radius 3 is 2.00 bits per heavy atom. The van der Waals surface area contributed by atoms with Crippen molar-refractivity contribution in [3.8, 4) is 5.75 Å². The van der Waals surface area contributed by atoms with Crippen LogP contribution in [0.5, 0.6) is 5.75 Å². The number of nitrogens with zero attached hydrogens (tertiary/aromatic N) is 1. The fraction of sp³-hybridized carbons (Fsp3) is 0.115. The number of hydrogen-bond acceptors (Lipinski definition) is 3. The van der Waals surface area contributed by atoms with Gasteiger partial charge in [-0.2, -0.15) is 0 Å². The summed E-state index contributed by atoms with van der Waals surface area (Å²) in [4.78, 5) is 5.16. The number of nitrogens with one attached hydrogen (secondary N) is 1. The molecule has 142 valence electrons.